The predicted octanol–water partition coefficient (Wildman–Crippen LogP) is 2.22. The summed E-state index contributed by atoms with van der Waals surface area (Å²) in [6, 6.07) is 6.80. The highest BCUT2D eigenvalue weighted by molar-refractivity contribution is 7.46. The summed E-state index contributed by atoms with van der Waals surface area (Å²) in [5, 5.41) is 21.2. The number of phenols is 2. The maximum Gasteiger partial charge on any atom is 0.469 e. The van der Waals surface area contributed by atoms with Crippen LogP contribution in [0.15, 0.2) is 39.5 Å². The number of phosphoric acid groups is 1. The number of phosphoric ester groups is 1. The molecule has 0 aliphatic carbocycles. The Morgan fingerprint density at radius 2 is 1.94 bits per heavy atom. The molecular weight excluding hydrogens is 471 g/mol. The molecule has 2 unspecified atom stereocenters. The molecule has 2 heterocycles. The van der Waals surface area contributed by atoms with Gasteiger partial charge in [0.2, 0.25) is 0 Å². The van der Waals surface area contributed by atoms with Gasteiger partial charge in [0.15, 0.2) is 5.43 Å². The number of piperidine rings is 1. The van der Waals surface area contributed by atoms with E-state index in [9.17, 15) is 29.4 Å². The quantitative estimate of drug-likeness (QED) is 0.319. The number of benzene rings is 2. The molecule has 0 spiro atoms. The highest BCUT2D eigenvalue weighted by atomic mass is 35.5. The van der Waals surface area contributed by atoms with Crippen molar-refractivity contribution in [2.24, 2.45) is 0 Å². The second-order valence-electron chi connectivity index (χ2n) is 8.04. The summed E-state index contributed by atoms with van der Waals surface area (Å²) in [7, 11) is 2.75. The lowest BCUT2D eigenvalue weighted by Crippen LogP contribution is -2.41. The monoisotopic (exact) mass is 491 g/mol. The second kappa shape index (κ2) is 8.79. The Bertz CT molecular complexity index is 1340. The van der Waals surface area contributed by atoms with Gasteiger partial charge in [0.1, 0.15) is 36.1 Å². The molecule has 1 aliphatic rings. The number of fused-ring (bicyclic) bond motifs is 1. The first kappa shape index (κ1) is 23.8. The highest BCUT2D eigenvalue weighted by Crippen LogP contribution is 2.47. The molecule has 2 aromatic carbocycles. The van der Waals surface area contributed by atoms with Gasteiger partial charge in [0.25, 0.3) is 0 Å². The average Bonchev–Trinajstić information content (AvgIpc) is 2.69. The fraction of sp³-hybridized carbons (Fsp3) is 0.286. The third kappa shape index (κ3) is 4.82. The maximum atomic E-state index is 13.0. The van der Waals surface area contributed by atoms with Crippen LogP contribution in [0.25, 0.3) is 22.3 Å². The van der Waals surface area contributed by atoms with E-state index in [4.69, 9.17) is 28.4 Å². The van der Waals surface area contributed by atoms with Gasteiger partial charge in [-0.1, -0.05) is 29.2 Å². The average molecular weight is 492 g/mol. The molecule has 4 rings (SSSR count). The van der Waals surface area contributed by atoms with Gasteiger partial charge in [0.05, 0.1) is 11.1 Å². The van der Waals surface area contributed by atoms with E-state index in [-0.39, 0.29) is 33.9 Å². The molecule has 172 valence electrons. The zero-order valence-electron chi connectivity index (χ0n) is 17.4. The van der Waals surface area contributed by atoms with Gasteiger partial charge >= 0.3 is 7.82 Å². The summed E-state index contributed by atoms with van der Waals surface area (Å²) in [6.45, 7) is 0.682. The Morgan fingerprint density at radius 3 is 2.64 bits per heavy atom. The van der Waals surface area contributed by atoms with Gasteiger partial charge in [0, 0.05) is 35.7 Å². The van der Waals surface area contributed by atoms with Crippen LogP contribution in [0, 0.1) is 0 Å². The lowest BCUT2D eigenvalue weighted by atomic mass is 9.85. The zero-order chi connectivity index (χ0) is 24.1. The zero-order valence-corrected chi connectivity index (χ0v) is 19.1. The van der Waals surface area contributed by atoms with E-state index in [0.29, 0.717) is 24.0 Å². The minimum absolute atomic E-state index is 0.0523. The van der Waals surface area contributed by atoms with Gasteiger partial charge in [-0.05, 0) is 26.1 Å². The third-order valence-corrected chi connectivity index (χ3v) is 6.53. The van der Waals surface area contributed by atoms with E-state index in [1.54, 1.807) is 13.1 Å². The highest BCUT2D eigenvalue weighted by Gasteiger charge is 2.38. The van der Waals surface area contributed by atoms with Crippen molar-refractivity contribution in [2.45, 2.75) is 18.4 Å². The van der Waals surface area contributed by atoms with Gasteiger partial charge < -0.3 is 29.3 Å². The number of phenolic OH excluding ortho intramolecular Hbond substituents is 2. The molecule has 3 aromatic rings. The normalized spacial score (nSPS) is 19.8. The Labute approximate surface area is 194 Å². The van der Waals surface area contributed by atoms with Crippen LogP contribution in [0.3, 0.4) is 0 Å². The third-order valence-electron chi connectivity index (χ3n) is 5.66. The fourth-order valence-corrected chi connectivity index (χ4v) is 5.01. The Balaban J connectivity index is 1.98. The van der Waals surface area contributed by atoms with Crippen molar-refractivity contribution in [3.63, 3.8) is 0 Å². The van der Waals surface area contributed by atoms with Crippen LogP contribution in [-0.4, -0.2) is 59.0 Å². The molecule has 2 radical (unpaired) electrons. The van der Waals surface area contributed by atoms with Gasteiger partial charge in [-0.25, -0.2) is 4.57 Å². The Hall–Kier alpha value is -2.33. The molecule has 1 aromatic heterocycles. The van der Waals surface area contributed by atoms with Crippen LogP contribution >= 0.6 is 19.4 Å². The number of nitrogens with zero attached hydrogens (tertiary/aromatic N) is 1. The van der Waals surface area contributed by atoms with E-state index in [2.05, 4.69) is 0 Å². The molecular formula is C21H20BClNO8P. The van der Waals surface area contributed by atoms with Crippen molar-refractivity contribution in [1.29, 1.82) is 0 Å². The smallest absolute Gasteiger partial charge is 0.469 e. The molecule has 1 fully saturated rings. The number of aromatic hydroxyl groups is 2. The first-order chi connectivity index (χ1) is 15.4. The summed E-state index contributed by atoms with van der Waals surface area (Å²) >= 11 is 6.27. The van der Waals surface area contributed by atoms with Gasteiger partial charge in [-0.3, -0.25) is 9.32 Å². The van der Waals surface area contributed by atoms with Gasteiger partial charge in [-0.15, -0.1) is 0 Å². The standard InChI is InChI=1S/C21H20BClNO8P/c1-24-5-4-11(18(9-24)32-33(28,29)30)19-14(25)7-15(26)20-16(27)8-17(31-21(19)20)12-6-10(22)2-3-13(12)23/h2-3,6-8,11,18,25-26H,4-5,9H2,1H3,(H2,28,29,30). The minimum Gasteiger partial charge on any atom is -0.507 e. The minimum atomic E-state index is -4.86. The lowest BCUT2D eigenvalue weighted by molar-refractivity contribution is 0.0544. The van der Waals surface area contributed by atoms with Crippen LogP contribution in [0.4, 0.5) is 0 Å². The summed E-state index contributed by atoms with van der Waals surface area (Å²) in [4.78, 5) is 33.6. The molecule has 12 heteroatoms. The topological polar surface area (TPSA) is 141 Å². The van der Waals surface area contributed by atoms with Crippen LogP contribution in [0.5, 0.6) is 11.5 Å². The van der Waals surface area contributed by atoms with E-state index in [0.717, 1.165) is 12.1 Å². The summed E-state index contributed by atoms with van der Waals surface area (Å²) in [5.74, 6) is -1.58. The Kier molecular flexibility index (Phi) is 6.35. The van der Waals surface area contributed by atoms with Crippen molar-refractivity contribution in [1.82, 2.24) is 4.90 Å². The lowest BCUT2D eigenvalue weighted by Gasteiger charge is -2.36. The van der Waals surface area contributed by atoms with Crippen LogP contribution in [0.2, 0.25) is 5.02 Å². The van der Waals surface area contributed by atoms with Crippen molar-refractivity contribution in [3.8, 4) is 22.8 Å². The maximum absolute atomic E-state index is 13.0. The molecule has 0 saturated carbocycles. The van der Waals surface area contributed by atoms with Crippen molar-refractivity contribution in [2.75, 3.05) is 20.1 Å². The molecule has 1 saturated heterocycles. The first-order valence-corrected chi connectivity index (χ1v) is 11.9. The second-order valence-corrected chi connectivity index (χ2v) is 9.64. The van der Waals surface area contributed by atoms with Crippen molar-refractivity contribution < 1.29 is 33.5 Å². The van der Waals surface area contributed by atoms with Crippen molar-refractivity contribution in [3.05, 3.63) is 51.1 Å². The fourth-order valence-electron chi connectivity index (χ4n) is 4.23. The number of likely N-dealkylation sites (N-methyl/N-ethyl adjacent to an activating group) is 1. The summed E-state index contributed by atoms with van der Waals surface area (Å²) in [5.41, 5.74) is 0.0944. The molecule has 9 nitrogen and oxygen atoms in total. The number of likely N-dealkylation sites (tertiary alicyclic amines) is 1. The number of hydrogen-bond acceptors (Lipinski definition) is 7. The van der Waals surface area contributed by atoms with Crippen molar-refractivity contribution >= 4 is 43.7 Å². The van der Waals surface area contributed by atoms with E-state index < -0.39 is 36.8 Å². The van der Waals surface area contributed by atoms with Gasteiger partial charge in [-0.2, -0.15) is 0 Å². The summed E-state index contributed by atoms with van der Waals surface area (Å²) < 4.78 is 22.6. The van der Waals surface area contributed by atoms with E-state index in [1.807, 2.05) is 4.90 Å². The predicted molar refractivity (Wildman–Crippen MR) is 123 cm³/mol. The molecule has 2 atom stereocenters. The first-order valence-electron chi connectivity index (χ1n) is 9.95. The molecule has 0 bridgehead atoms. The SMILES string of the molecule is [B]c1ccc(Cl)c(-c2cc(=O)c3c(O)cc(O)c(C4CCN(C)CC4OP(=O)(O)O)c3o2)c1. The number of halogens is 1. The van der Waals surface area contributed by atoms with Crippen LogP contribution < -0.4 is 10.9 Å². The molecule has 1 aliphatic heterocycles. The van der Waals surface area contributed by atoms with E-state index in [1.165, 1.54) is 12.1 Å². The largest absolute Gasteiger partial charge is 0.507 e. The summed E-state index contributed by atoms with van der Waals surface area (Å²) in [6.07, 6.45) is -0.685. The molecule has 4 N–H and O–H groups in total. The van der Waals surface area contributed by atoms with Crippen LogP contribution in [0.1, 0.15) is 17.9 Å². The number of rotatable bonds is 4. The van der Waals surface area contributed by atoms with Crippen LogP contribution in [-0.2, 0) is 9.09 Å². The van der Waals surface area contributed by atoms with E-state index >= 15 is 0 Å². The Morgan fingerprint density at radius 1 is 1.21 bits per heavy atom. The molecule has 33 heavy (non-hydrogen) atoms. The number of hydrogen-bond donors (Lipinski definition) is 4. The molecule has 0 amide bonds.